The SMILES string of the molecule is Nc1nc(/C(=N/OCCF)C(=O)NC2C(=O)N3C(C(=O)O)=C(Sc4nc5ccc([N+](=O)[O-])cc5s4)CCC23)cs1.Nc1nc(/C(=N/OCCF)C(=O)NC2C(=O)N3C(C(=O)O)=C(Sc4nc5cnccc5s4)CCC23)cs1.Nc1nc(/C(=N/OCCF)C(=O)NC2C(=O)N3C(C(=O)O)=C(Sc4nncs4)CCC23)cs1. The molecule has 0 aliphatic carbocycles. The second kappa shape index (κ2) is 34.8. The number of aliphatic carboxylic acids is 3. The van der Waals surface area contributed by atoms with Gasteiger partial charge >= 0.3 is 17.9 Å². The molecule has 14 rings (SSSR count). The number of nitro groups is 1. The van der Waals surface area contributed by atoms with Gasteiger partial charge in [0.15, 0.2) is 45.5 Å². The zero-order chi connectivity index (χ0) is 78.2. The van der Waals surface area contributed by atoms with Gasteiger partial charge in [-0.15, -0.1) is 66.9 Å². The normalized spacial score (nSPS) is 19.5. The van der Waals surface area contributed by atoms with Crippen molar-refractivity contribution in [2.45, 2.75) is 87.8 Å². The summed E-state index contributed by atoms with van der Waals surface area (Å²) in [5.41, 5.74) is 18.6. The monoisotopic (exact) mass is 1680 g/mol. The average Bonchev–Trinajstić information content (AvgIpc) is 0.904. The Morgan fingerprint density at radius 2 is 0.955 bits per heavy atom. The Labute approximate surface area is 650 Å². The number of amides is 6. The quantitative estimate of drug-likeness (QED) is 0.00980. The third kappa shape index (κ3) is 17.1. The summed E-state index contributed by atoms with van der Waals surface area (Å²) in [5.74, 6) is -7.92. The second-order valence-corrected chi connectivity index (χ2v) is 32.4. The minimum Gasteiger partial charge on any atom is -0.477 e. The van der Waals surface area contributed by atoms with Crippen molar-refractivity contribution in [3.63, 3.8) is 0 Å². The van der Waals surface area contributed by atoms with E-state index in [1.165, 1.54) is 95.4 Å². The van der Waals surface area contributed by atoms with Gasteiger partial charge in [0.2, 0.25) is 0 Å². The number of halogens is 3. The maximum absolute atomic E-state index is 13.1. The summed E-state index contributed by atoms with van der Waals surface area (Å²) in [6.45, 7) is -3.58. The van der Waals surface area contributed by atoms with Crippen LogP contribution in [0.25, 0.3) is 20.4 Å². The van der Waals surface area contributed by atoms with Crippen LogP contribution in [0.1, 0.15) is 55.6 Å². The zero-order valence-electron chi connectivity index (χ0n) is 55.5. The number of pyridine rings is 1. The number of alkyl halides is 3. The van der Waals surface area contributed by atoms with Crippen molar-refractivity contribution in [1.29, 1.82) is 0 Å². The molecule has 6 atom stereocenters. The van der Waals surface area contributed by atoms with Crippen LogP contribution in [-0.4, -0.2) is 222 Å². The van der Waals surface area contributed by atoms with Crippen molar-refractivity contribution in [2.24, 2.45) is 15.5 Å². The molecule has 110 heavy (non-hydrogen) atoms. The number of nitrogen functional groups attached to an aromatic ring is 3. The number of anilines is 3. The van der Waals surface area contributed by atoms with Crippen molar-refractivity contribution in [3.8, 4) is 0 Å². The number of oxime groups is 3. The molecule has 0 bridgehead atoms. The lowest BCUT2D eigenvalue weighted by atomic mass is 9.86. The van der Waals surface area contributed by atoms with Crippen LogP contribution in [0.15, 0.2) is 119 Å². The number of fused-ring (bicyclic) bond motifs is 5. The number of nitro benzene ring substituents is 1. The molecular weight excluding hydrogens is 1630 g/mol. The Hall–Kier alpha value is -10.9. The summed E-state index contributed by atoms with van der Waals surface area (Å²) in [6.07, 6.45) is 5.54. The molecule has 38 nitrogen and oxygen atoms in total. The van der Waals surface area contributed by atoms with Gasteiger partial charge in [-0.2, -0.15) is 0 Å². The van der Waals surface area contributed by atoms with E-state index in [1.54, 1.807) is 12.4 Å². The lowest BCUT2D eigenvalue weighted by Crippen LogP contribution is -2.72. The van der Waals surface area contributed by atoms with E-state index in [0.29, 0.717) is 75.6 Å². The number of benzene rings is 1. The summed E-state index contributed by atoms with van der Waals surface area (Å²) in [6, 6.07) is 1.40. The summed E-state index contributed by atoms with van der Waals surface area (Å²) in [4.78, 5) is 169. The van der Waals surface area contributed by atoms with E-state index in [1.807, 2.05) is 6.07 Å². The third-order valence-corrected chi connectivity index (χ3v) is 24.7. The molecule has 574 valence electrons. The molecule has 3 saturated heterocycles. The third-order valence-electron chi connectivity index (χ3n) is 16.3. The van der Waals surface area contributed by atoms with Crippen LogP contribution in [0, 0.1) is 10.1 Å². The molecule has 1 aromatic carbocycles. The number of β-lactam (4-membered cyclic amide) rings is 3. The summed E-state index contributed by atoms with van der Waals surface area (Å²) < 4.78 is 40.5. The van der Waals surface area contributed by atoms with Crippen molar-refractivity contribution >= 4 is 215 Å². The molecule has 13 heterocycles. The first-order valence-electron chi connectivity index (χ1n) is 31.7. The van der Waals surface area contributed by atoms with Gasteiger partial charge in [-0.3, -0.25) is 58.6 Å². The zero-order valence-corrected chi connectivity index (χ0v) is 62.9. The van der Waals surface area contributed by atoms with Gasteiger partial charge in [0.25, 0.3) is 41.1 Å². The first-order valence-corrected chi connectivity index (χ1v) is 39.3. The van der Waals surface area contributed by atoms with Gasteiger partial charge in [-0.25, -0.2) is 52.5 Å². The molecule has 8 aromatic rings. The lowest BCUT2D eigenvalue weighted by molar-refractivity contribution is -0.384. The van der Waals surface area contributed by atoms with Gasteiger partial charge in [-0.1, -0.05) is 62.1 Å². The first-order chi connectivity index (χ1) is 52.9. The number of hydrogen-bond donors (Lipinski definition) is 9. The van der Waals surface area contributed by atoms with Crippen molar-refractivity contribution in [3.05, 3.63) is 117 Å². The largest absolute Gasteiger partial charge is 0.477 e. The van der Waals surface area contributed by atoms with Crippen molar-refractivity contribution in [2.75, 3.05) is 57.0 Å². The first kappa shape index (κ1) is 78.7. The van der Waals surface area contributed by atoms with Crippen LogP contribution >= 0.6 is 103 Å². The van der Waals surface area contributed by atoms with E-state index in [2.05, 4.69) is 71.5 Å². The van der Waals surface area contributed by atoms with E-state index in [4.69, 9.17) is 31.7 Å². The minimum absolute atomic E-state index is 0.0807. The van der Waals surface area contributed by atoms with Gasteiger partial charge in [0, 0.05) is 49.2 Å². The highest BCUT2D eigenvalue weighted by Gasteiger charge is 2.57. The number of carboxylic acids is 3. The highest BCUT2D eigenvalue weighted by Crippen LogP contribution is 2.48. The minimum atomic E-state index is -1.32. The molecule has 6 aliphatic heterocycles. The summed E-state index contributed by atoms with van der Waals surface area (Å²) in [7, 11) is 0. The Balaban J connectivity index is 0.000000154. The molecule has 6 amide bonds. The fourth-order valence-electron chi connectivity index (χ4n) is 11.6. The number of nitrogens with zero attached hydrogens (tertiary/aromatic N) is 15. The maximum atomic E-state index is 13.1. The Morgan fingerprint density at radius 3 is 1.30 bits per heavy atom. The number of nitrogens with one attached hydrogen (secondary N) is 3. The van der Waals surface area contributed by atoms with Gasteiger partial charge < -0.3 is 63.0 Å². The van der Waals surface area contributed by atoms with E-state index < -0.39 is 121 Å². The number of carboxylic acid groups (broad SMARTS) is 3. The Morgan fingerprint density at radius 1 is 0.564 bits per heavy atom. The maximum Gasteiger partial charge on any atom is 0.353 e. The van der Waals surface area contributed by atoms with E-state index >= 15 is 0 Å². The number of carbonyl (C=O) groups is 9. The van der Waals surface area contributed by atoms with Crippen LogP contribution in [0.4, 0.5) is 34.3 Å². The molecule has 12 N–H and O–H groups in total. The van der Waals surface area contributed by atoms with Gasteiger partial charge in [0.1, 0.15) is 103 Å². The number of allylic oxidation sites excluding steroid dienone is 3. The number of aromatic nitrogens is 8. The lowest BCUT2D eigenvalue weighted by Gasteiger charge is -2.50. The molecule has 0 saturated carbocycles. The fourth-order valence-corrected chi connectivity index (χ4v) is 19.6. The topological polar surface area (TPSA) is 549 Å². The van der Waals surface area contributed by atoms with Gasteiger partial charge in [0.05, 0.1) is 44.2 Å². The average molecular weight is 1680 g/mol. The standard InChI is InChI=1S/C22H18FN7O7S3.C21H18FN7O5S3.C17H16FN7O5S3/c23-5-6-37-28-15(11-8-38-21(24)25-11)18(31)27-16-12-3-4-13(17(20(33)34)29(12)19(16)32)39-22-26-10-2-1-9(30(35)36)7-14(10)40-22;22-4-6-34-28-14(10-8-35-20(23)25-10)17(30)27-15-11-1-2-13(16(19(32)33)29(11)18(15)31)37-21-26-9-7-24-5-3-12(9)36-21;18-3-4-30-24-10(7-5-31-16(19)21-7)13(26)22-11-8-1-2-9(33-17-23-20-6-32-17)12(15(28)29)25(8)14(11)27/h1-2,7-8,12,16H,3-6H2,(H2,24,25)(H,27,31)(H,33,34);3,5,7-8,11,15H,1-2,4,6H2,(H2,23,25)(H,27,30)(H,32,33);5-6,8,11H,1-4H2,(H2,19,21)(H,22,26)(H,28,29)/b28-15-;28-14-;24-10-. The molecule has 3 fully saturated rings. The molecule has 0 radical (unpaired) electrons. The van der Waals surface area contributed by atoms with Crippen LogP contribution in [0.3, 0.4) is 0 Å². The summed E-state index contributed by atoms with van der Waals surface area (Å²) >= 11 is 10.5. The molecule has 7 aromatic heterocycles. The number of rotatable bonds is 28. The van der Waals surface area contributed by atoms with Gasteiger partial charge in [-0.05, 0) is 50.7 Å². The highest BCUT2D eigenvalue weighted by atomic mass is 32.2. The van der Waals surface area contributed by atoms with Crippen molar-refractivity contribution in [1.82, 2.24) is 70.8 Å². The van der Waals surface area contributed by atoms with E-state index in [0.717, 1.165) is 67.1 Å². The molecular formula is C60H52F3N21O17S9. The molecule has 6 aliphatic rings. The van der Waals surface area contributed by atoms with Crippen LogP contribution in [0.5, 0.6) is 0 Å². The van der Waals surface area contributed by atoms with Crippen LogP contribution < -0.4 is 33.2 Å². The predicted octanol–water partition coefficient (Wildman–Crippen LogP) is 5.35. The number of thiazole rings is 5. The fraction of sp³-hybridized carbons (Fsp3) is 0.300. The van der Waals surface area contributed by atoms with E-state index in [-0.39, 0.29) is 92.0 Å². The molecule has 0 spiro atoms. The number of non-ortho nitro benzene ring substituents is 1. The predicted molar refractivity (Wildman–Crippen MR) is 396 cm³/mol. The van der Waals surface area contributed by atoms with Crippen molar-refractivity contribution < 1.29 is 91.1 Å². The number of thioether (sulfide) groups is 3. The molecule has 6 unspecified atom stereocenters. The second-order valence-electron chi connectivity index (χ2n) is 22.8. The Bertz CT molecular complexity index is 5150. The molecule has 50 heteroatoms. The number of carbonyl (C=O) groups excluding carboxylic acids is 6. The number of hydrogen-bond acceptors (Lipinski definition) is 37. The van der Waals surface area contributed by atoms with Crippen LogP contribution in [0.2, 0.25) is 0 Å². The van der Waals surface area contributed by atoms with E-state index in [9.17, 15) is 81.8 Å². The Kier molecular flexibility index (Phi) is 24.9. The summed E-state index contributed by atoms with van der Waals surface area (Å²) in [5, 5.41) is 71.9. The van der Waals surface area contributed by atoms with Crippen LogP contribution in [-0.2, 0) is 57.7 Å². The highest BCUT2D eigenvalue weighted by molar-refractivity contribution is 8.05. The number of nitrogens with two attached hydrogens (primary N) is 3. The smallest absolute Gasteiger partial charge is 0.353 e.